The van der Waals surface area contributed by atoms with E-state index in [1.165, 1.54) is 25.7 Å². The van der Waals surface area contributed by atoms with E-state index in [2.05, 4.69) is 54.5 Å². The van der Waals surface area contributed by atoms with Gasteiger partial charge in [0.2, 0.25) is 0 Å². The van der Waals surface area contributed by atoms with Gasteiger partial charge in [0.15, 0.2) is 0 Å². The number of allylic oxidation sites excluding steroid dienone is 2. The molecule has 0 radical (unpaired) electrons. The first kappa shape index (κ1) is 23.9. The van der Waals surface area contributed by atoms with Gasteiger partial charge in [0.25, 0.3) is 0 Å². The highest BCUT2D eigenvalue weighted by molar-refractivity contribution is 5.70. The molecule has 0 aromatic heterocycles. The summed E-state index contributed by atoms with van der Waals surface area (Å²) in [4.78, 5) is 12.1. The van der Waals surface area contributed by atoms with E-state index in [1.54, 1.807) is 5.57 Å². The van der Waals surface area contributed by atoms with Crippen molar-refractivity contribution in [2.75, 3.05) is 0 Å². The summed E-state index contributed by atoms with van der Waals surface area (Å²) in [5, 5.41) is 20.9. The first-order chi connectivity index (χ1) is 15.2. The van der Waals surface area contributed by atoms with Crippen LogP contribution >= 0.6 is 0 Å². The predicted octanol–water partition coefficient (Wildman–Crippen LogP) is 7.09. The molecule has 5 rings (SSSR count). The Labute approximate surface area is 201 Å². The van der Waals surface area contributed by atoms with E-state index < -0.39 is 5.97 Å². The van der Waals surface area contributed by atoms with Gasteiger partial charge in [-0.15, -0.1) is 0 Å². The molecule has 186 valence electrons. The number of hydrogen-bond donors (Lipinski definition) is 2. The number of hydrogen-bond acceptors (Lipinski definition) is 2. The Bertz CT molecular complexity index is 874. The fourth-order valence-corrected chi connectivity index (χ4v) is 11.0. The van der Waals surface area contributed by atoms with Crippen LogP contribution in [0.1, 0.15) is 106 Å². The van der Waals surface area contributed by atoms with Crippen LogP contribution in [0.15, 0.2) is 11.6 Å². The van der Waals surface area contributed by atoms with Crippen LogP contribution in [0.3, 0.4) is 0 Å². The molecule has 0 aliphatic heterocycles. The molecule has 0 amide bonds. The van der Waals surface area contributed by atoms with Crippen molar-refractivity contribution in [3.8, 4) is 0 Å². The van der Waals surface area contributed by atoms with E-state index in [9.17, 15) is 15.0 Å². The highest BCUT2D eigenvalue weighted by Gasteiger charge is 2.68. The first-order valence-corrected chi connectivity index (χ1v) is 13.8. The number of aliphatic hydroxyl groups excluding tert-OH is 1. The van der Waals surface area contributed by atoms with Gasteiger partial charge in [0.1, 0.15) is 0 Å². The maximum Gasteiger partial charge on any atom is 0.306 e. The van der Waals surface area contributed by atoms with E-state index >= 15 is 0 Å². The molecule has 0 saturated heterocycles. The summed E-state index contributed by atoms with van der Waals surface area (Å²) in [5.41, 5.74) is 2.53. The molecular weight excluding hydrogens is 408 g/mol. The molecule has 0 heterocycles. The molecule has 0 aromatic rings. The Morgan fingerprint density at radius 3 is 2.27 bits per heavy atom. The molecule has 0 bridgehead atoms. The molecular formula is C30H48O3. The average molecular weight is 457 g/mol. The predicted molar refractivity (Wildman–Crippen MR) is 133 cm³/mol. The summed E-state index contributed by atoms with van der Waals surface area (Å²) in [5.74, 6) is 1.04. The van der Waals surface area contributed by atoms with Gasteiger partial charge in [-0.05, 0) is 109 Å². The van der Waals surface area contributed by atoms with Crippen molar-refractivity contribution in [2.45, 2.75) is 112 Å². The molecule has 5 aliphatic rings. The van der Waals surface area contributed by atoms with Crippen LogP contribution in [0, 0.1) is 56.7 Å². The maximum atomic E-state index is 12.1. The lowest BCUT2D eigenvalue weighted by atomic mass is 9.33. The molecule has 10 atom stereocenters. The van der Waals surface area contributed by atoms with Gasteiger partial charge >= 0.3 is 5.97 Å². The van der Waals surface area contributed by atoms with Crippen LogP contribution in [0.25, 0.3) is 0 Å². The number of carbonyl (C=O) groups is 1. The second-order valence-corrected chi connectivity index (χ2v) is 14.6. The van der Waals surface area contributed by atoms with Gasteiger partial charge in [-0.1, -0.05) is 60.1 Å². The van der Waals surface area contributed by atoms with Gasteiger partial charge < -0.3 is 10.2 Å². The van der Waals surface area contributed by atoms with E-state index in [0.717, 1.165) is 32.1 Å². The van der Waals surface area contributed by atoms with E-state index in [-0.39, 0.29) is 45.0 Å². The zero-order valence-corrected chi connectivity index (χ0v) is 22.2. The summed E-state index contributed by atoms with van der Waals surface area (Å²) in [6.45, 7) is 17.1. The highest BCUT2D eigenvalue weighted by atomic mass is 16.4. The van der Waals surface area contributed by atoms with Crippen molar-refractivity contribution in [3.63, 3.8) is 0 Å². The van der Waals surface area contributed by atoms with Crippen LogP contribution in [-0.2, 0) is 4.79 Å². The lowest BCUT2D eigenvalue weighted by Crippen LogP contribution is -2.64. The quantitative estimate of drug-likeness (QED) is 0.414. The molecule has 0 spiro atoms. The second kappa shape index (κ2) is 7.11. The summed E-state index contributed by atoms with van der Waals surface area (Å²) in [6, 6.07) is 0. The van der Waals surface area contributed by atoms with Crippen LogP contribution in [0.4, 0.5) is 0 Å². The largest absolute Gasteiger partial charge is 0.481 e. The smallest absolute Gasteiger partial charge is 0.306 e. The lowest BCUT2D eigenvalue weighted by molar-refractivity contribution is -0.204. The van der Waals surface area contributed by atoms with Crippen LogP contribution in [0.5, 0.6) is 0 Å². The Hall–Kier alpha value is -0.830. The molecule has 4 saturated carbocycles. The molecule has 3 nitrogen and oxygen atoms in total. The van der Waals surface area contributed by atoms with E-state index in [1.807, 2.05) is 0 Å². The number of carboxylic acids is 1. The van der Waals surface area contributed by atoms with Crippen LogP contribution in [-0.4, -0.2) is 22.3 Å². The fourth-order valence-electron chi connectivity index (χ4n) is 11.0. The first-order valence-electron chi connectivity index (χ1n) is 13.8. The Morgan fingerprint density at radius 2 is 1.61 bits per heavy atom. The molecule has 33 heavy (non-hydrogen) atoms. The topological polar surface area (TPSA) is 57.5 Å². The van der Waals surface area contributed by atoms with Gasteiger partial charge in [0, 0.05) is 0 Å². The molecule has 0 aromatic carbocycles. The third kappa shape index (κ3) is 2.87. The van der Waals surface area contributed by atoms with Crippen LogP contribution in [0.2, 0.25) is 0 Å². The Morgan fingerprint density at radius 1 is 0.909 bits per heavy atom. The number of aliphatic carboxylic acids is 1. The van der Waals surface area contributed by atoms with Crippen molar-refractivity contribution in [1.82, 2.24) is 0 Å². The van der Waals surface area contributed by atoms with Crippen molar-refractivity contribution in [3.05, 3.63) is 11.6 Å². The summed E-state index contributed by atoms with van der Waals surface area (Å²) >= 11 is 0. The van der Waals surface area contributed by atoms with Crippen LogP contribution < -0.4 is 0 Å². The summed E-state index contributed by atoms with van der Waals surface area (Å²) in [6.07, 6.45) is 12.5. The second-order valence-electron chi connectivity index (χ2n) is 14.6. The molecule has 2 N–H and O–H groups in total. The standard InChI is InChI=1S/C30H48O3/c1-18-19(25(32)33)10-13-27(4)16-17-29(6)20(24(18)27)8-9-22-28(5)14-12-23(31)26(2,3)21(28)11-15-30(22,29)7/h8,18-19,21-24,31H,9-17H2,1-7H3,(H,32,33)/t18-,19+,21+,22+,23-,24+,27+,28-,29+,30+/m0/s1. The van der Waals surface area contributed by atoms with Gasteiger partial charge in [-0.3, -0.25) is 4.79 Å². The Kier molecular flexibility index (Phi) is 5.15. The maximum absolute atomic E-state index is 12.1. The van der Waals surface area contributed by atoms with Gasteiger partial charge in [0.05, 0.1) is 12.0 Å². The summed E-state index contributed by atoms with van der Waals surface area (Å²) in [7, 11) is 0. The third-order valence-corrected chi connectivity index (χ3v) is 13.3. The fraction of sp³-hybridized carbons (Fsp3) is 0.900. The zero-order valence-electron chi connectivity index (χ0n) is 22.2. The molecule has 5 aliphatic carbocycles. The van der Waals surface area contributed by atoms with Gasteiger partial charge in [-0.25, -0.2) is 0 Å². The Balaban J connectivity index is 1.58. The minimum absolute atomic E-state index is 0.0169. The van der Waals surface area contributed by atoms with Crippen molar-refractivity contribution >= 4 is 5.97 Å². The number of carboxylic acid groups (broad SMARTS) is 1. The number of rotatable bonds is 1. The lowest BCUT2D eigenvalue weighted by Gasteiger charge is -2.71. The van der Waals surface area contributed by atoms with Gasteiger partial charge in [-0.2, -0.15) is 0 Å². The number of fused-ring (bicyclic) bond motifs is 7. The minimum Gasteiger partial charge on any atom is -0.481 e. The minimum atomic E-state index is -0.590. The third-order valence-electron chi connectivity index (χ3n) is 13.3. The normalized spacial score (nSPS) is 55.3. The highest BCUT2D eigenvalue weighted by Crippen LogP contribution is 2.75. The van der Waals surface area contributed by atoms with Crippen molar-refractivity contribution in [2.24, 2.45) is 56.7 Å². The molecule has 4 fully saturated rings. The number of aliphatic hydroxyl groups is 1. The van der Waals surface area contributed by atoms with Crippen molar-refractivity contribution < 1.29 is 15.0 Å². The SMILES string of the molecule is C[C@H]1[C@H](C(=O)O)CC[C@]2(C)CC[C@]3(C)C(=CC[C@@H]4[C@@]5(C)CC[C@H](O)C(C)(C)[C@H]5CC[C@]43C)[C@@H]12. The zero-order chi connectivity index (χ0) is 24.2. The van der Waals surface area contributed by atoms with E-state index in [0.29, 0.717) is 17.8 Å². The average Bonchev–Trinajstić information content (AvgIpc) is 2.72. The molecule has 0 unspecified atom stereocenters. The summed E-state index contributed by atoms with van der Waals surface area (Å²) < 4.78 is 0. The monoisotopic (exact) mass is 456 g/mol. The van der Waals surface area contributed by atoms with Crippen molar-refractivity contribution in [1.29, 1.82) is 0 Å². The molecule has 3 heteroatoms. The van der Waals surface area contributed by atoms with E-state index in [4.69, 9.17) is 0 Å².